The van der Waals surface area contributed by atoms with Gasteiger partial charge in [0.25, 0.3) is 0 Å². The van der Waals surface area contributed by atoms with Gasteiger partial charge in [0.2, 0.25) is 5.91 Å². The Morgan fingerprint density at radius 2 is 0.530 bits per heavy atom. The highest BCUT2D eigenvalue weighted by Crippen LogP contribution is 2.18. The molecule has 0 rings (SSSR count). The first-order chi connectivity index (χ1) is 32.5. The lowest BCUT2D eigenvalue weighted by Gasteiger charge is -2.17. The molecule has 0 aromatic rings. The minimum absolute atomic E-state index is 0.166. The molecule has 6 nitrogen and oxygen atoms in total. The molecule has 0 fully saturated rings. The van der Waals surface area contributed by atoms with Crippen LogP contribution in [-0.2, 0) is 23.9 Å². The zero-order valence-electron chi connectivity index (χ0n) is 45.1. The molecule has 0 aliphatic heterocycles. The first-order valence-corrected chi connectivity index (χ1v) is 30.2. The summed E-state index contributed by atoms with van der Waals surface area (Å²) in [5, 5.41) is 2.84. The zero-order chi connectivity index (χ0) is 47.9. The molecule has 0 saturated heterocycles. The van der Waals surface area contributed by atoms with Gasteiger partial charge in [-0.05, 0) is 19.3 Å². The van der Waals surface area contributed by atoms with Gasteiger partial charge in [-0.3, -0.25) is 9.59 Å². The van der Waals surface area contributed by atoms with Gasteiger partial charge in [0.15, 0.2) is 0 Å². The van der Waals surface area contributed by atoms with E-state index in [-0.39, 0.29) is 12.3 Å². The first kappa shape index (κ1) is 64.4. The van der Waals surface area contributed by atoms with Gasteiger partial charge < -0.3 is 14.8 Å². The third-order valence-electron chi connectivity index (χ3n) is 14.0. The summed E-state index contributed by atoms with van der Waals surface area (Å²) in [6.45, 7) is 7.52. The predicted molar refractivity (Wildman–Crippen MR) is 286 cm³/mol. The molecule has 1 amide bonds. The summed E-state index contributed by atoms with van der Waals surface area (Å²) in [6.07, 6.45) is 64.0. The summed E-state index contributed by atoms with van der Waals surface area (Å²) >= 11 is 0. The summed E-state index contributed by atoms with van der Waals surface area (Å²) in [5.74, 6) is -1.12. The zero-order valence-corrected chi connectivity index (χ0v) is 45.1. The Labute approximate surface area is 413 Å². The number of ether oxygens (including phenoxy) is 2. The van der Waals surface area contributed by atoms with Crippen molar-refractivity contribution in [2.75, 3.05) is 13.2 Å². The average Bonchev–Trinajstić information content (AvgIpc) is 3.31. The lowest BCUT2D eigenvalue weighted by atomic mass is 10.0. The molecule has 0 spiro atoms. The molecule has 0 aliphatic rings. The highest BCUT2D eigenvalue weighted by Gasteiger charge is 2.26. The monoisotopic (exact) mass is 932 g/mol. The molecule has 0 saturated carbocycles. The summed E-state index contributed by atoms with van der Waals surface area (Å²) in [6, 6.07) is -0.983. The number of unbranched alkanes of at least 4 members (excludes halogenated alkanes) is 46. The van der Waals surface area contributed by atoms with Gasteiger partial charge in [-0.15, -0.1) is 0 Å². The topological polar surface area (TPSA) is 81.7 Å². The van der Waals surface area contributed by atoms with Crippen LogP contribution in [0.3, 0.4) is 0 Å². The maximum Gasteiger partial charge on any atom is 0.329 e. The summed E-state index contributed by atoms with van der Waals surface area (Å²) in [5.41, 5.74) is 0. The lowest BCUT2D eigenvalue weighted by Crippen LogP contribution is -2.43. The molecule has 1 atom stereocenters. The van der Waals surface area contributed by atoms with Gasteiger partial charge in [0, 0.05) is 6.42 Å². The quantitative estimate of drug-likeness (QED) is 0.0485. The highest BCUT2D eigenvalue weighted by molar-refractivity contribution is 5.88. The number of hydrogen-bond donors (Lipinski definition) is 1. The molecule has 66 heavy (non-hydrogen) atoms. The fraction of sp³-hybridized carbons (Fsp3) is 0.950. The van der Waals surface area contributed by atoms with Gasteiger partial charge in [0.05, 0.1) is 19.6 Å². The minimum Gasteiger partial charge on any atom is -0.466 e. The maximum absolute atomic E-state index is 13.2. The molecule has 0 aromatic heterocycles. The second-order valence-electron chi connectivity index (χ2n) is 20.7. The molecule has 0 radical (unpaired) electrons. The van der Waals surface area contributed by atoms with E-state index in [2.05, 4.69) is 26.1 Å². The van der Waals surface area contributed by atoms with Crippen LogP contribution in [0.4, 0.5) is 0 Å². The summed E-state index contributed by atoms with van der Waals surface area (Å²) in [7, 11) is 0. The molecule has 0 aromatic carbocycles. The molecule has 0 unspecified atom stereocenters. The first-order valence-electron chi connectivity index (χ1n) is 30.2. The predicted octanol–water partition coefficient (Wildman–Crippen LogP) is 19.5. The Kier molecular flexibility index (Phi) is 54.7. The van der Waals surface area contributed by atoms with Crippen LogP contribution in [0, 0.1) is 0 Å². The summed E-state index contributed by atoms with van der Waals surface area (Å²) < 4.78 is 11.2. The third-order valence-corrected chi connectivity index (χ3v) is 14.0. The van der Waals surface area contributed by atoms with Crippen molar-refractivity contribution in [1.82, 2.24) is 5.32 Å². The second-order valence-corrected chi connectivity index (χ2v) is 20.7. The van der Waals surface area contributed by atoms with E-state index in [0.717, 1.165) is 51.4 Å². The molecule has 0 heterocycles. The van der Waals surface area contributed by atoms with Crippen LogP contribution >= 0.6 is 0 Å². The molecule has 1 N–H and O–H groups in total. The van der Waals surface area contributed by atoms with Crippen molar-refractivity contribution in [3.8, 4) is 0 Å². The van der Waals surface area contributed by atoms with E-state index >= 15 is 0 Å². The van der Waals surface area contributed by atoms with Gasteiger partial charge in [-0.1, -0.05) is 316 Å². The van der Waals surface area contributed by atoms with Gasteiger partial charge in [-0.2, -0.15) is 0 Å². The van der Waals surface area contributed by atoms with E-state index in [0.29, 0.717) is 19.6 Å². The Morgan fingerprint density at radius 3 is 0.803 bits per heavy atom. The number of carbonyl (C=O) groups is 3. The van der Waals surface area contributed by atoms with E-state index in [9.17, 15) is 14.4 Å². The van der Waals surface area contributed by atoms with E-state index in [1.54, 1.807) is 0 Å². The minimum atomic E-state index is -0.983. The normalized spacial score (nSPS) is 11.9. The number of rotatable bonds is 56. The van der Waals surface area contributed by atoms with Crippen LogP contribution in [0.5, 0.6) is 0 Å². The lowest BCUT2D eigenvalue weighted by molar-refractivity contribution is -0.154. The second kappa shape index (κ2) is 56.0. The molecular weight excluding hydrogens is 815 g/mol. The smallest absolute Gasteiger partial charge is 0.329 e. The van der Waals surface area contributed by atoms with Gasteiger partial charge >= 0.3 is 11.9 Å². The van der Waals surface area contributed by atoms with E-state index in [1.165, 1.54) is 263 Å². The largest absolute Gasteiger partial charge is 0.466 e. The van der Waals surface area contributed by atoms with Crippen molar-refractivity contribution in [3.63, 3.8) is 0 Å². The fourth-order valence-corrected chi connectivity index (χ4v) is 9.46. The molecule has 0 bridgehead atoms. The van der Waals surface area contributed by atoms with Crippen LogP contribution in [0.1, 0.15) is 348 Å². The van der Waals surface area contributed by atoms with Crippen LogP contribution in [0.15, 0.2) is 0 Å². The third kappa shape index (κ3) is 51.8. The molecule has 392 valence electrons. The fourth-order valence-electron chi connectivity index (χ4n) is 9.46. The number of carbonyl (C=O) groups excluding carboxylic acids is 3. The number of esters is 2. The van der Waals surface area contributed by atoms with E-state index in [1.807, 2.05) is 0 Å². The van der Waals surface area contributed by atoms with Crippen molar-refractivity contribution in [2.45, 2.75) is 354 Å². The van der Waals surface area contributed by atoms with Crippen molar-refractivity contribution >= 4 is 17.8 Å². The molecule has 0 aliphatic carbocycles. The number of amides is 1. The highest BCUT2D eigenvalue weighted by atomic mass is 16.5. The Hall–Kier alpha value is -1.59. The van der Waals surface area contributed by atoms with Gasteiger partial charge in [0.1, 0.15) is 6.04 Å². The van der Waals surface area contributed by atoms with Crippen molar-refractivity contribution in [2.24, 2.45) is 0 Å². The average molecular weight is 933 g/mol. The van der Waals surface area contributed by atoms with Crippen molar-refractivity contribution < 1.29 is 23.9 Å². The molecule has 6 heteroatoms. The molecular formula is C60H117NO5. The van der Waals surface area contributed by atoms with Gasteiger partial charge in [-0.25, -0.2) is 4.79 Å². The van der Waals surface area contributed by atoms with E-state index < -0.39 is 18.0 Å². The van der Waals surface area contributed by atoms with Crippen LogP contribution < -0.4 is 5.32 Å². The SMILES string of the molecule is CCCCCCCCCCCCCCCCCCCCCCOC(=O)C[C@H](NC(=O)CCCCCCCCCCC)C(=O)OCCCCCCCCCCCCCCCCCCCCCC. The van der Waals surface area contributed by atoms with Crippen LogP contribution in [0.25, 0.3) is 0 Å². The number of hydrogen-bond acceptors (Lipinski definition) is 5. The Morgan fingerprint density at radius 1 is 0.303 bits per heavy atom. The maximum atomic E-state index is 13.2. The Balaban J connectivity index is 4.15. The van der Waals surface area contributed by atoms with E-state index in [4.69, 9.17) is 9.47 Å². The van der Waals surface area contributed by atoms with Crippen molar-refractivity contribution in [3.05, 3.63) is 0 Å². The van der Waals surface area contributed by atoms with Crippen LogP contribution in [0.2, 0.25) is 0 Å². The van der Waals surface area contributed by atoms with Crippen LogP contribution in [-0.4, -0.2) is 37.1 Å². The standard InChI is InChI=1S/C60H117NO5/c1-4-7-10-13-16-19-21-23-25-27-29-31-33-35-37-39-42-45-48-51-54-65-59(63)56-57(61-58(62)53-50-47-44-41-18-15-12-9-6-3)60(64)66-55-52-49-46-43-40-38-36-34-32-30-28-26-24-22-20-17-14-11-8-5-2/h57H,4-56H2,1-3H3,(H,61,62)/t57-/m0/s1. The summed E-state index contributed by atoms with van der Waals surface area (Å²) in [4.78, 5) is 38.9. The van der Waals surface area contributed by atoms with Crippen molar-refractivity contribution in [1.29, 1.82) is 0 Å². The Bertz CT molecular complexity index is 986. The number of nitrogens with one attached hydrogen (secondary N) is 1.